The summed E-state index contributed by atoms with van der Waals surface area (Å²) in [5, 5.41) is 9.92. The molecule has 2 N–H and O–H groups in total. The summed E-state index contributed by atoms with van der Waals surface area (Å²) in [4.78, 5) is 6.70. The average molecular weight is 293 g/mol. The number of nitrogens with zero attached hydrogens (tertiary/aromatic N) is 3. The maximum absolute atomic E-state index is 8.93. The molecule has 1 aromatic carbocycles. The highest BCUT2D eigenvalue weighted by Gasteiger charge is 2.15. The smallest absolute Gasteiger partial charge is 0.188 e. The molecule has 0 bridgehead atoms. The van der Waals surface area contributed by atoms with Crippen LogP contribution in [0, 0.1) is 11.3 Å². The van der Waals surface area contributed by atoms with Gasteiger partial charge in [0.05, 0.1) is 0 Å². The Morgan fingerprint density at radius 1 is 1.37 bits per heavy atom. The zero-order chi connectivity index (χ0) is 13.7. The Bertz CT molecular complexity index is 576. The summed E-state index contributed by atoms with van der Waals surface area (Å²) >= 11 is 7.20. The molecule has 0 unspecified atom stereocenters. The van der Waals surface area contributed by atoms with Gasteiger partial charge in [-0.2, -0.15) is 5.26 Å². The van der Waals surface area contributed by atoms with E-state index in [1.54, 1.807) is 0 Å². The van der Waals surface area contributed by atoms with E-state index in [-0.39, 0.29) is 5.15 Å². The molecule has 1 heterocycles. The second-order valence-electron chi connectivity index (χ2n) is 3.92. The molecule has 0 spiro atoms. The van der Waals surface area contributed by atoms with E-state index in [1.807, 2.05) is 41.3 Å². The fourth-order valence-electron chi connectivity index (χ4n) is 1.70. The van der Waals surface area contributed by atoms with Crippen molar-refractivity contribution in [3.8, 4) is 6.07 Å². The Balaban J connectivity index is 2.22. The third-order valence-electron chi connectivity index (χ3n) is 2.56. The summed E-state index contributed by atoms with van der Waals surface area (Å²) < 4.78 is 0. The van der Waals surface area contributed by atoms with Crippen molar-refractivity contribution in [3.63, 3.8) is 0 Å². The summed E-state index contributed by atoms with van der Waals surface area (Å²) in [6, 6.07) is 12.1. The van der Waals surface area contributed by atoms with Gasteiger partial charge in [0.2, 0.25) is 0 Å². The zero-order valence-corrected chi connectivity index (χ0v) is 11.8. The van der Waals surface area contributed by atoms with Crippen LogP contribution >= 0.6 is 22.9 Å². The lowest BCUT2D eigenvalue weighted by molar-refractivity contribution is 0.786. The summed E-state index contributed by atoms with van der Waals surface area (Å²) in [5.74, 6) is 0. The molecule has 0 aliphatic heterocycles. The van der Waals surface area contributed by atoms with Gasteiger partial charge in [0.25, 0.3) is 0 Å². The largest absolute Gasteiger partial charge is 0.342 e. The molecule has 0 aliphatic carbocycles. The summed E-state index contributed by atoms with van der Waals surface area (Å²) in [6.45, 7) is 1.89. The highest BCUT2D eigenvalue weighted by Crippen LogP contribution is 2.29. The van der Waals surface area contributed by atoms with Crippen LogP contribution in [-0.2, 0) is 6.54 Å². The number of hydrogen-bond acceptors (Lipinski definition) is 5. The van der Waals surface area contributed by atoms with Crippen LogP contribution in [0.1, 0.15) is 10.4 Å². The Labute approximate surface area is 121 Å². The first-order valence-electron chi connectivity index (χ1n) is 5.80. The van der Waals surface area contributed by atoms with Crippen LogP contribution in [0.25, 0.3) is 0 Å². The van der Waals surface area contributed by atoms with Crippen molar-refractivity contribution in [2.45, 2.75) is 6.54 Å². The Kier molecular flexibility index (Phi) is 4.74. The molecule has 2 aromatic rings. The van der Waals surface area contributed by atoms with Crippen molar-refractivity contribution in [2.75, 3.05) is 18.0 Å². The maximum Gasteiger partial charge on any atom is 0.188 e. The monoisotopic (exact) mass is 292 g/mol. The first kappa shape index (κ1) is 13.8. The van der Waals surface area contributed by atoms with Gasteiger partial charge in [-0.15, -0.1) is 0 Å². The first-order valence-corrected chi connectivity index (χ1v) is 6.99. The SMILES string of the molecule is N#Cc1sc(N(CCN)Cc2ccccc2)nc1Cl. The second-order valence-corrected chi connectivity index (χ2v) is 5.26. The van der Waals surface area contributed by atoms with Gasteiger partial charge in [-0.3, -0.25) is 0 Å². The average Bonchev–Trinajstić information content (AvgIpc) is 2.81. The molecule has 4 nitrogen and oxygen atoms in total. The fourth-order valence-corrected chi connectivity index (χ4v) is 2.77. The molecule has 2 rings (SSSR count). The summed E-state index contributed by atoms with van der Waals surface area (Å²) in [5.41, 5.74) is 6.80. The molecule has 0 saturated heterocycles. The number of anilines is 1. The molecule has 0 amide bonds. The number of rotatable bonds is 5. The van der Waals surface area contributed by atoms with Crippen molar-refractivity contribution in [3.05, 3.63) is 45.9 Å². The van der Waals surface area contributed by atoms with Gasteiger partial charge in [-0.1, -0.05) is 53.3 Å². The number of nitrogens with two attached hydrogens (primary N) is 1. The summed E-state index contributed by atoms with van der Waals surface area (Å²) in [7, 11) is 0. The standard InChI is InChI=1S/C13H13ClN4S/c14-12-11(8-16)19-13(17-12)18(7-6-15)9-10-4-2-1-3-5-10/h1-5H,6-7,9,15H2. The van der Waals surface area contributed by atoms with Crippen molar-refractivity contribution in [1.82, 2.24) is 4.98 Å². The third-order valence-corrected chi connectivity index (χ3v) is 3.97. The van der Waals surface area contributed by atoms with Crippen LogP contribution in [-0.4, -0.2) is 18.1 Å². The van der Waals surface area contributed by atoms with Crippen LogP contribution in [0.4, 0.5) is 5.13 Å². The highest BCUT2D eigenvalue weighted by molar-refractivity contribution is 7.16. The summed E-state index contributed by atoms with van der Waals surface area (Å²) in [6.07, 6.45) is 0. The fraction of sp³-hybridized carbons (Fsp3) is 0.231. The first-order chi connectivity index (χ1) is 9.24. The minimum atomic E-state index is 0.262. The lowest BCUT2D eigenvalue weighted by Gasteiger charge is -2.20. The van der Waals surface area contributed by atoms with E-state index >= 15 is 0 Å². The highest BCUT2D eigenvalue weighted by atomic mass is 35.5. The number of thiazole rings is 1. The van der Waals surface area contributed by atoms with Gasteiger partial charge in [0.1, 0.15) is 10.9 Å². The molecule has 6 heteroatoms. The van der Waals surface area contributed by atoms with Crippen LogP contribution < -0.4 is 10.6 Å². The number of benzene rings is 1. The molecule has 0 aliphatic rings. The van der Waals surface area contributed by atoms with Gasteiger partial charge in [-0.25, -0.2) is 4.98 Å². The molecule has 1 aromatic heterocycles. The van der Waals surface area contributed by atoms with Crippen LogP contribution in [0.3, 0.4) is 0 Å². The quantitative estimate of drug-likeness (QED) is 0.920. The lowest BCUT2D eigenvalue weighted by atomic mass is 10.2. The van der Waals surface area contributed by atoms with E-state index in [0.717, 1.165) is 5.13 Å². The van der Waals surface area contributed by atoms with Crippen molar-refractivity contribution in [2.24, 2.45) is 5.73 Å². The third kappa shape index (κ3) is 3.44. The molecule has 98 valence electrons. The number of aromatic nitrogens is 1. The second kappa shape index (κ2) is 6.53. The zero-order valence-electron chi connectivity index (χ0n) is 10.2. The van der Waals surface area contributed by atoms with E-state index in [0.29, 0.717) is 24.5 Å². The molecule has 0 fully saturated rings. The number of hydrogen-bond donors (Lipinski definition) is 1. The van der Waals surface area contributed by atoms with E-state index in [1.165, 1.54) is 16.9 Å². The van der Waals surface area contributed by atoms with Crippen LogP contribution in [0.15, 0.2) is 30.3 Å². The molecule has 0 atom stereocenters. The molecule has 0 saturated carbocycles. The molecular weight excluding hydrogens is 280 g/mol. The normalized spacial score (nSPS) is 10.2. The van der Waals surface area contributed by atoms with E-state index < -0.39 is 0 Å². The number of nitriles is 1. The van der Waals surface area contributed by atoms with Gasteiger partial charge in [0.15, 0.2) is 10.3 Å². The minimum Gasteiger partial charge on any atom is -0.342 e. The Morgan fingerprint density at radius 2 is 2.11 bits per heavy atom. The Hall–Kier alpha value is -1.61. The van der Waals surface area contributed by atoms with E-state index in [9.17, 15) is 0 Å². The van der Waals surface area contributed by atoms with Crippen molar-refractivity contribution < 1.29 is 0 Å². The van der Waals surface area contributed by atoms with Crippen LogP contribution in [0.5, 0.6) is 0 Å². The van der Waals surface area contributed by atoms with Gasteiger partial charge < -0.3 is 10.6 Å². The van der Waals surface area contributed by atoms with Crippen LogP contribution in [0.2, 0.25) is 5.15 Å². The number of halogens is 1. The molecular formula is C13H13ClN4S. The van der Waals surface area contributed by atoms with E-state index in [2.05, 4.69) is 4.98 Å². The molecule has 0 radical (unpaired) electrons. The van der Waals surface area contributed by atoms with Crippen molar-refractivity contribution >= 4 is 28.1 Å². The lowest BCUT2D eigenvalue weighted by Crippen LogP contribution is -2.28. The topological polar surface area (TPSA) is 65.9 Å². The predicted octanol–water partition coefficient (Wildman–Crippen LogP) is 2.63. The van der Waals surface area contributed by atoms with Gasteiger partial charge in [0, 0.05) is 19.6 Å². The van der Waals surface area contributed by atoms with Gasteiger partial charge >= 0.3 is 0 Å². The minimum absolute atomic E-state index is 0.262. The van der Waals surface area contributed by atoms with Gasteiger partial charge in [-0.05, 0) is 5.56 Å². The van der Waals surface area contributed by atoms with Crippen molar-refractivity contribution in [1.29, 1.82) is 5.26 Å². The molecule has 19 heavy (non-hydrogen) atoms. The predicted molar refractivity (Wildman–Crippen MR) is 78.4 cm³/mol. The maximum atomic E-state index is 8.93. The van der Waals surface area contributed by atoms with E-state index in [4.69, 9.17) is 22.6 Å². The Morgan fingerprint density at radius 3 is 2.68 bits per heavy atom.